The molecule has 0 radical (unpaired) electrons. The molecular weight excluding hydrogens is 362 g/mol. The molecular formula is C25H25NO3. The fraction of sp³-hybridized carbons (Fsp3) is 0.200. The summed E-state index contributed by atoms with van der Waals surface area (Å²) < 4.78 is 7.88. The normalized spacial score (nSPS) is 10.6. The second-order valence-corrected chi connectivity index (χ2v) is 7.13. The number of aromatic nitrogens is 1. The van der Waals surface area contributed by atoms with Crippen molar-refractivity contribution in [1.29, 1.82) is 0 Å². The molecule has 0 fully saturated rings. The number of allylic oxidation sites excluding steroid dienone is 1. The van der Waals surface area contributed by atoms with Gasteiger partial charge in [0.05, 0.1) is 0 Å². The maximum atomic E-state index is 12.3. The fourth-order valence-corrected chi connectivity index (χ4v) is 3.37. The van der Waals surface area contributed by atoms with Crippen LogP contribution in [0, 0.1) is 13.8 Å². The van der Waals surface area contributed by atoms with Gasteiger partial charge in [0, 0.05) is 35.5 Å². The molecule has 0 aliphatic heterocycles. The molecule has 0 saturated heterocycles. The fourth-order valence-electron chi connectivity index (χ4n) is 3.37. The van der Waals surface area contributed by atoms with E-state index >= 15 is 0 Å². The Morgan fingerprint density at radius 1 is 1.14 bits per heavy atom. The third-order valence-electron chi connectivity index (χ3n) is 5.02. The highest BCUT2D eigenvalue weighted by Crippen LogP contribution is 2.36. The molecule has 0 amide bonds. The van der Waals surface area contributed by atoms with Gasteiger partial charge in [-0.3, -0.25) is 9.59 Å². The maximum absolute atomic E-state index is 12.3. The SMILES string of the molecule is C=CC(=O)c1ccc(Oc2c(C)cccc2C)c(-c2cc(CC)c(=O)n(C)c2)c1. The van der Waals surface area contributed by atoms with Crippen molar-refractivity contribution in [3.8, 4) is 22.6 Å². The number of hydrogen-bond donors (Lipinski definition) is 0. The molecule has 1 aromatic heterocycles. The molecule has 0 aliphatic rings. The first-order chi connectivity index (χ1) is 13.8. The number of rotatable bonds is 6. The van der Waals surface area contributed by atoms with Crippen LogP contribution in [-0.2, 0) is 13.5 Å². The van der Waals surface area contributed by atoms with E-state index in [1.54, 1.807) is 36.0 Å². The predicted molar refractivity (Wildman–Crippen MR) is 117 cm³/mol. The van der Waals surface area contributed by atoms with Crippen molar-refractivity contribution >= 4 is 5.78 Å². The Kier molecular flexibility index (Phi) is 5.83. The van der Waals surface area contributed by atoms with Crippen LogP contribution in [0.1, 0.15) is 34.0 Å². The number of nitrogens with zero attached hydrogens (tertiary/aromatic N) is 1. The van der Waals surface area contributed by atoms with Crippen molar-refractivity contribution in [3.63, 3.8) is 0 Å². The zero-order valence-electron chi connectivity index (χ0n) is 17.3. The summed E-state index contributed by atoms with van der Waals surface area (Å²) in [6.07, 6.45) is 3.69. The van der Waals surface area contributed by atoms with Crippen molar-refractivity contribution in [2.24, 2.45) is 7.05 Å². The molecule has 3 aromatic rings. The molecule has 2 aromatic carbocycles. The second kappa shape index (κ2) is 8.31. The van der Waals surface area contributed by atoms with Gasteiger partial charge in [-0.1, -0.05) is 31.7 Å². The Labute approximate surface area is 171 Å². The van der Waals surface area contributed by atoms with Crippen LogP contribution < -0.4 is 10.3 Å². The first-order valence-electron chi connectivity index (χ1n) is 9.60. The number of ether oxygens (including phenoxy) is 1. The summed E-state index contributed by atoms with van der Waals surface area (Å²) in [6.45, 7) is 9.53. The van der Waals surface area contributed by atoms with Crippen LogP contribution in [0.5, 0.6) is 11.5 Å². The van der Waals surface area contributed by atoms with Gasteiger partial charge < -0.3 is 9.30 Å². The smallest absolute Gasteiger partial charge is 0.253 e. The van der Waals surface area contributed by atoms with E-state index in [-0.39, 0.29) is 11.3 Å². The van der Waals surface area contributed by atoms with Crippen LogP contribution >= 0.6 is 0 Å². The van der Waals surface area contributed by atoms with E-state index in [1.165, 1.54) is 6.08 Å². The van der Waals surface area contributed by atoms with Crippen molar-refractivity contribution in [2.75, 3.05) is 0 Å². The number of benzene rings is 2. The highest BCUT2D eigenvalue weighted by Gasteiger charge is 2.15. The van der Waals surface area contributed by atoms with Gasteiger partial charge in [-0.05, 0) is 61.7 Å². The zero-order valence-corrected chi connectivity index (χ0v) is 17.3. The molecule has 3 rings (SSSR count). The third kappa shape index (κ3) is 4.06. The minimum Gasteiger partial charge on any atom is -0.456 e. The number of hydrogen-bond acceptors (Lipinski definition) is 3. The Balaban J connectivity index is 2.23. The van der Waals surface area contributed by atoms with Crippen LogP contribution in [0.15, 0.2) is 66.1 Å². The van der Waals surface area contributed by atoms with Gasteiger partial charge in [-0.2, -0.15) is 0 Å². The molecule has 0 saturated carbocycles. The lowest BCUT2D eigenvalue weighted by Gasteiger charge is -2.17. The number of pyridine rings is 1. The largest absolute Gasteiger partial charge is 0.456 e. The standard InChI is InChI=1S/C25H25NO3/c1-6-18-13-20(15-26(5)25(18)28)21-14-19(22(27)7-2)11-12-23(21)29-24-16(3)9-8-10-17(24)4/h7-15H,2,6H2,1,3-5H3. The van der Waals surface area contributed by atoms with E-state index in [0.29, 0.717) is 23.3 Å². The monoisotopic (exact) mass is 387 g/mol. The van der Waals surface area contributed by atoms with Gasteiger partial charge in [0.25, 0.3) is 5.56 Å². The zero-order chi connectivity index (χ0) is 21.1. The highest BCUT2D eigenvalue weighted by molar-refractivity contribution is 6.05. The molecule has 0 spiro atoms. The molecule has 29 heavy (non-hydrogen) atoms. The van der Waals surface area contributed by atoms with Crippen molar-refractivity contribution in [2.45, 2.75) is 27.2 Å². The van der Waals surface area contributed by atoms with E-state index < -0.39 is 0 Å². The van der Waals surface area contributed by atoms with E-state index in [9.17, 15) is 9.59 Å². The molecule has 4 heteroatoms. The van der Waals surface area contributed by atoms with Crippen molar-refractivity contribution in [3.05, 3.63) is 93.9 Å². The molecule has 1 heterocycles. The van der Waals surface area contributed by atoms with Gasteiger partial charge in [-0.25, -0.2) is 0 Å². The lowest BCUT2D eigenvalue weighted by molar-refractivity contribution is 0.104. The van der Waals surface area contributed by atoms with Gasteiger partial charge in [0.2, 0.25) is 0 Å². The number of ketones is 1. The molecule has 4 nitrogen and oxygen atoms in total. The average Bonchev–Trinajstić information content (AvgIpc) is 2.72. The Morgan fingerprint density at radius 3 is 2.45 bits per heavy atom. The molecule has 0 bridgehead atoms. The first kappa shape index (κ1) is 20.3. The van der Waals surface area contributed by atoms with E-state index in [0.717, 1.165) is 28.0 Å². The van der Waals surface area contributed by atoms with E-state index in [4.69, 9.17) is 4.74 Å². The molecule has 0 N–H and O–H groups in total. The quantitative estimate of drug-likeness (QED) is 0.421. The van der Waals surface area contributed by atoms with Crippen molar-refractivity contribution < 1.29 is 9.53 Å². The molecule has 0 aliphatic carbocycles. The van der Waals surface area contributed by atoms with Gasteiger partial charge >= 0.3 is 0 Å². The summed E-state index contributed by atoms with van der Waals surface area (Å²) in [4.78, 5) is 24.5. The Morgan fingerprint density at radius 2 is 1.83 bits per heavy atom. The molecule has 148 valence electrons. The lowest BCUT2D eigenvalue weighted by Crippen LogP contribution is -2.20. The van der Waals surface area contributed by atoms with Gasteiger partial charge in [0.1, 0.15) is 11.5 Å². The van der Waals surface area contributed by atoms with Gasteiger partial charge in [0.15, 0.2) is 5.78 Å². The number of carbonyl (C=O) groups excluding carboxylic acids is 1. The summed E-state index contributed by atoms with van der Waals surface area (Å²) in [5.41, 5.74) is 4.84. The average molecular weight is 387 g/mol. The van der Waals surface area contributed by atoms with Gasteiger partial charge in [-0.15, -0.1) is 0 Å². The number of carbonyl (C=O) groups is 1. The second-order valence-electron chi connectivity index (χ2n) is 7.13. The lowest BCUT2D eigenvalue weighted by atomic mass is 9.99. The van der Waals surface area contributed by atoms with E-state index in [2.05, 4.69) is 6.58 Å². The summed E-state index contributed by atoms with van der Waals surface area (Å²) in [5.74, 6) is 1.26. The van der Waals surface area contributed by atoms with Crippen molar-refractivity contribution in [1.82, 2.24) is 4.57 Å². The minimum absolute atomic E-state index is 0.0215. The van der Waals surface area contributed by atoms with Crippen LogP contribution in [0.4, 0.5) is 0 Å². The molecule has 0 unspecified atom stereocenters. The molecule has 0 atom stereocenters. The topological polar surface area (TPSA) is 48.3 Å². The van der Waals surface area contributed by atoms with Crippen LogP contribution in [0.3, 0.4) is 0 Å². The third-order valence-corrected chi connectivity index (χ3v) is 5.02. The summed E-state index contributed by atoms with van der Waals surface area (Å²) in [5, 5.41) is 0. The number of para-hydroxylation sites is 1. The van der Waals surface area contributed by atoms with E-state index in [1.807, 2.05) is 45.0 Å². The maximum Gasteiger partial charge on any atom is 0.253 e. The Hall–Kier alpha value is -3.40. The van der Waals surface area contributed by atoms with Crippen LogP contribution in [0.2, 0.25) is 0 Å². The summed E-state index contributed by atoms with van der Waals surface area (Å²) in [7, 11) is 1.73. The first-order valence-corrected chi connectivity index (χ1v) is 9.60. The van der Waals surface area contributed by atoms with Crippen LogP contribution in [0.25, 0.3) is 11.1 Å². The number of aryl methyl sites for hydroxylation is 4. The summed E-state index contributed by atoms with van der Waals surface area (Å²) in [6, 6.07) is 13.2. The summed E-state index contributed by atoms with van der Waals surface area (Å²) >= 11 is 0. The highest BCUT2D eigenvalue weighted by atomic mass is 16.5. The van der Waals surface area contributed by atoms with Crippen LogP contribution in [-0.4, -0.2) is 10.4 Å². The predicted octanol–water partition coefficient (Wildman–Crippen LogP) is 5.39. The Bertz CT molecular complexity index is 1130. The minimum atomic E-state index is -0.162.